The third-order valence-electron chi connectivity index (χ3n) is 4.29. The molecule has 0 bridgehead atoms. The van der Waals surface area contributed by atoms with Crippen molar-refractivity contribution in [1.82, 2.24) is 0 Å². The number of hydrogen-bond acceptors (Lipinski definition) is 3. The smallest absolute Gasteiger partial charge is 0.313 e. The Morgan fingerprint density at radius 2 is 2.32 bits per heavy atom. The van der Waals surface area contributed by atoms with Crippen LogP contribution in [0.4, 0.5) is 5.69 Å². The molecule has 100 valence electrons. The summed E-state index contributed by atoms with van der Waals surface area (Å²) in [6, 6.07) is 5.85. The van der Waals surface area contributed by atoms with Crippen LogP contribution >= 0.6 is 15.9 Å². The minimum atomic E-state index is -0.396. The number of cyclic esters (lactones) is 1. The Labute approximate surface area is 120 Å². The van der Waals surface area contributed by atoms with Crippen LogP contribution in [0.25, 0.3) is 0 Å². The first-order valence-corrected chi connectivity index (χ1v) is 7.18. The van der Waals surface area contributed by atoms with Crippen molar-refractivity contribution in [2.75, 3.05) is 12.3 Å². The number of carbonyl (C=O) groups is 1. The Morgan fingerprint density at radius 3 is 3.05 bits per heavy atom. The van der Waals surface area contributed by atoms with Crippen molar-refractivity contribution in [2.45, 2.75) is 19.3 Å². The largest absolute Gasteiger partial charge is 0.465 e. The van der Waals surface area contributed by atoms with Gasteiger partial charge in [-0.1, -0.05) is 18.2 Å². The second-order valence-electron chi connectivity index (χ2n) is 5.62. The summed E-state index contributed by atoms with van der Waals surface area (Å²) in [5.74, 6) is 0.216. The van der Waals surface area contributed by atoms with Gasteiger partial charge in [-0.2, -0.15) is 0 Å². The summed E-state index contributed by atoms with van der Waals surface area (Å²) in [6.07, 6.45) is 2.36. The third kappa shape index (κ3) is 1.98. The molecule has 0 amide bonds. The van der Waals surface area contributed by atoms with E-state index in [4.69, 9.17) is 10.5 Å². The van der Waals surface area contributed by atoms with Gasteiger partial charge in [0.15, 0.2) is 0 Å². The molecule has 2 unspecified atom stereocenters. The molecule has 0 spiro atoms. The van der Waals surface area contributed by atoms with Gasteiger partial charge in [-0.05, 0) is 52.9 Å². The maximum absolute atomic E-state index is 12.2. The van der Waals surface area contributed by atoms with E-state index in [2.05, 4.69) is 22.5 Å². The number of hydrogen-bond donors (Lipinski definition) is 1. The van der Waals surface area contributed by atoms with Gasteiger partial charge in [0.05, 0.1) is 12.0 Å². The summed E-state index contributed by atoms with van der Waals surface area (Å²) in [4.78, 5) is 12.2. The van der Waals surface area contributed by atoms with Gasteiger partial charge in [-0.3, -0.25) is 4.79 Å². The maximum atomic E-state index is 12.2. The highest BCUT2D eigenvalue weighted by Gasteiger charge is 2.55. The van der Waals surface area contributed by atoms with E-state index in [0.29, 0.717) is 18.7 Å². The second-order valence-corrected chi connectivity index (χ2v) is 6.47. The number of nitrogens with two attached hydrogens (primary N) is 1. The molecule has 1 aliphatic heterocycles. The van der Waals surface area contributed by atoms with Crippen LogP contribution in [0.15, 0.2) is 34.8 Å². The molecular weight excluding hydrogens is 306 g/mol. The molecule has 4 heteroatoms. The number of benzene rings is 1. The lowest BCUT2D eigenvalue weighted by Gasteiger charge is -2.24. The number of allylic oxidation sites excluding steroid dienone is 1. The van der Waals surface area contributed by atoms with Gasteiger partial charge in [-0.25, -0.2) is 0 Å². The number of rotatable bonds is 2. The van der Waals surface area contributed by atoms with Crippen molar-refractivity contribution in [3.63, 3.8) is 0 Å². The molecule has 2 fully saturated rings. The number of fused-ring (bicyclic) bond motifs is 1. The third-order valence-corrected chi connectivity index (χ3v) is 4.98. The Kier molecular flexibility index (Phi) is 2.93. The quantitative estimate of drug-likeness (QED) is 0.517. The lowest BCUT2D eigenvalue weighted by molar-refractivity contribution is -0.146. The van der Waals surface area contributed by atoms with Crippen molar-refractivity contribution in [2.24, 2.45) is 11.3 Å². The average molecular weight is 322 g/mol. The first-order valence-electron chi connectivity index (χ1n) is 6.39. The molecule has 19 heavy (non-hydrogen) atoms. The molecule has 1 aliphatic carbocycles. The van der Waals surface area contributed by atoms with E-state index >= 15 is 0 Å². The maximum Gasteiger partial charge on any atom is 0.313 e. The van der Waals surface area contributed by atoms with Gasteiger partial charge in [0.25, 0.3) is 0 Å². The van der Waals surface area contributed by atoms with E-state index in [1.807, 2.05) is 18.2 Å². The topological polar surface area (TPSA) is 52.3 Å². The van der Waals surface area contributed by atoms with Gasteiger partial charge in [0, 0.05) is 16.1 Å². The highest BCUT2D eigenvalue weighted by Crippen LogP contribution is 2.52. The first-order chi connectivity index (χ1) is 9.01. The van der Waals surface area contributed by atoms with Crippen molar-refractivity contribution in [1.29, 1.82) is 0 Å². The van der Waals surface area contributed by atoms with E-state index < -0.39 is 5.41 Å². The summed E-state index contributed by atoms with van der Waals surface area (Å²) < 4.78 is 6.16. The van der Waals surface area contributed by atoms with E-state index in [0.717, 1.165) is 28.5 Å². The summed E-state index contributed by atoms with van der Waals surface area (Å²) >= 11 is 3.43. The molecule has 1 saturated carbocycles. The van der Waals surface area contributed by atoms with Gasteiger partial charge < -0.3 is 10.5 Å². The summed E-state index contributed by atoms with van der Waals surface area (Å²) in [5.41, 5.74) is 8.39. The summed E-state index contributed by atoms with van der Waals surface area (Å²) in [6.45, 7) is 4.59. The molecule has 2 atom stereocenters. The van der Waals surface area contributed by atoms with E-state index in [1.165, 1.54) is 0 Å². The van der Waals surface area contributed by atoms with Crippen molar-refractivity contribution in [3.05, 3.63) is 40.4 Å². The van der Waals surface area contributed by atoms with Crippen molar-refractivity contribution in [3.8, 4) is 0 Å². The van der Waals surface area contributed by atoms with Crippen LogP contribution in [0, 0.1) is 11.3 Å². The Balaban J connectivity index is 1.93. The Hall–Kier alpha value is -1.29. The van der Waals surface area contributed by atoms with Crippen molar-refractivity contribution < 1.29 is 9.53 Å². The lowest BCUT2D eigenvalue weighted by atomic mass is 9.75. The van der Waals surface area contributed by atoms with Crippen LogP contribution in [0.2, 0.25) is 0 Å². The molecule has 1 saturated heterocycles. The highest BCUT2D eigenvalue weighted by atomic mass is 79.9. The summed E-state index contributed by atoms with van der Waals surface area (Å²) in [5, 5.41) is 0. The van der Waals surface area contributed by atoms with Crippen LogP contribution in [0.3, 0.4) is 0 Å². The van der Waals surface area contributed by atoms with E-state index in [1.54, 1.807) is 0 Å². The molecule has 2 N–H and O–H groups in total. The van der Waals surface area contributed by atoms with Gasteiger partial charge >= 0.3 is 5.97 Å². The zero-order chi connectivity index (χ0) is 13.6. The normalized spacial score (nSPS) is 29.4. The van der Waals surface area contributed by atoms with Crippen LogP contribution in [-0.4, -0.2) is 12.6 Å². The Bertz CT molecular complexity index is 569. The molecule has 1 aromatic carbocycles. The summed E-state index contributed by atoms with van der Waals surface area (Å²) in [7, 11) is 0. The predicted molar refractivity (Wildman–Crippen MR) is 77.5 cm³/mol. The molecule has 0 aromatic heterocycles. The Morgan fingerprint density at radius 1 is 1.53 bits per heavy atom. The van der Waals surface area contributed by atoms with Crippen LogP contribution in [0.5, 0.6) is 0 Å². The zero-order valence-electron chi connectivity index (χ0n) is 10.6. The molecule has 3 rings (SSSR count). The molecular formula is C15H16BrNO2. The number of anilines is 1. The van der Waals surface area contributed by atoms with Crippen LogP contribution in [-0.2, 0) is 16.0 Å². The minimum Gasteiger partial charge on any atom is -0.465 e. The number of carbonyl (C=O) groups excluding carboxylic acids is 1. The fraction of sp³-hybridized carbons (Fsp3) is 0.400. The standard InChI is InChI=1S/C15H16BrNO2/c1-9-4-11-8-19-14(18)15(11,6-9)7-10-2-3-13(17)12(16)5-10/h2-3,5,11H,1,4,6-8,17H2. The number of nitrogen functional groups attached to an aromatic ring is 1. The highest BCUT2D eigenvalue weighted by molar-refractivity contribution is 9.10. The average Bonchev–Trinajstić information content (AvgIpc) is 2.81. The lowest BCUT2D eigenvalue weighted by Crippen LogP contribution is -2.31. The fourth-order valence-electron chi connectivity index (χ4n) is 3.31. The number of esters is 1. The zero-order valence-corrected chi connectivity index (χ0v) is 12.2. The predicted octanol–water partition coefficient (Wildman–Crippen LogP) is 3.08. The van der Waals surface area contributed by atoms with Gasteiger partial charge in [0.1, 0.15) is 0 Å². The monoisotopic (exact) mass is 321 g/mol. The SMILES string of the molecule is C=C1CC2COC(=O)C2(Cc2ccc(N)c(Br)c2)C1. The van der Waals surface area contributed by atoms with Crippen molar-refractivity contribution >= 4 is 27.6 Å². The van der Waals surface area contributed by atoms with E-state index in [-0.39, 0.29) is 11.9 Å². The second kappa shape index (κ2) is 4.37. The van der Waals surface area contributed by atoms with Crippen LogP contribution in [0.1, 0.15) is 18.4 Å². The van der Waals surface area contributed by atoms with E-state index in [9.17, 15) is 4.79 Å². The van der Waals surface area contributed by atoms with Crippen LogP contribution < -0.4 is 5.73 Å². The minimum absolute atomic E-state index is 0.0657. The number of ether oxygens (including phenoxy) is 1. The molecule has 0 radical (unpaired) electrons. The molecule has 2 aliphatic rings. The number of halogens is 1. The van der Waals surface area contributed by atoms with Gasteiger partial charge in [-0.15, -0.1) is 0 Å². The molecule has 1 heterocycles. The van der Waals surface area contributed by atoms with Gasteiger partial charge in [0.2, 0.25) is 0 Å². The fourth-order valence-corrected chi connectivity index (χ4v) is 3.73. The first kappa shape index (κ1) is 12.7. The molecule has 1 aromatic rings. The molecule has 3 nitrogen and oxygen atoms in total.